The third kappa shape index (κ3) is 2.81. The van der Waals surface area contributed by atoms with Gasteiger partial charge in [-0.3, -0.25) is 9.35 Å². The molecule has 0 atom stereocenters. The Bertz CT molecular complexity index is 720. The predicted octanol–water partition coefficient (Wildman–Crippen LogP) is 1.87. The number of benzene rings is 2. The predicted molar refractivity (Wildman–Crippen MR) is 67.8 cm³/mol. The van der Waals surface area contributed by atoms with Crippen molar-refractivity contribution in [1.82, 2.24) is 0 Å². The van der Waals surface area contributed by atoms with Gasteiger partial charge >= 0.3 is 0 Å². The highest BCUT2D eigenvalue weighted by molar-refractivity contribution is 7.86. The number of phenolic OH excluding ortho intramolecular Hbond substituents is 1. The van der Waals surface area contributed by atoms with Crippen molar-refractivity contribution in [3.63, 3.8) is 0 Å². The normalized spacial score (nSPS) is 11.2. The summed E-state index contributed by atoms with van der Waals surface area (Å²) < 4.78 is 31.6. The Morgan fingerprint density at radius 3 is 2.21 bits per heavy atom. The summed E-state index contributed by atoms with van der Waals surface area (Å²) in [5, 5.41) is 9.27. The number of ketones is 1. The molecule has 0 fully saturated rings. The van der Waals surface area contributed by atoms with Crippen molar-refractivity contribution in [3.05, 3.63) is 59.7 Å². The van der Waals surface area contributed by atoms with E-state index in [9.17, 15) is 18.3 Å². The van der Waals surface area contributed by atoms with Crippen LogP contribution in [0.5, 0.6) is 5.75 Å². The molecule has 0 amide bonds. The van der Waals surface area contributed by atoms with Gasteiger partial charge in [-0.05, 0) is 12.1 Å². The van der Waals surface area contributed by atoms with E-state index in [-0.39, 0.29) is 16.9 Å². The zero-order valence-corrected chi connectivity index (χ0v) is 10.5. The molecule has 0 radical (unpaired) electrons. The second-order valence-electron chi connectivity index (χ2n) is 3.85. The molecule has 2 aromatic carbocycles. The third-order valence-electron chi connectivity index (χ3n) is 2.52. The first-order chi connectivity index (χ1) is 8.89. The van der Waals surface area contributed by atoms with Crippen LogP contribution in [0.2, 0.25) is 0 Å². The Hall–Kier alpha value is -2.18. The van der Waals surface area contributed by atoms with E-state index in [4.69, 9.17) is 4.55 Å². The zero-order chi connectivity index (χ0) is 14.0. The average molecular weight is 278 g/mol. The Morgan fingerprint density at radius 2 is 1.63 bits per heavy atom. The molecule has 5 nitrogen and oxygen atoms in total. The molecule has 98 valence electrons. The summed E-state index contributed by atoms with van der Waals surface area (Å²) in [5.41, 5.74) is 0.101. The van der Waals surface area contributed by atoms with E-state index in [1.165, 1.54) is 18.2 Å². The highest BCUT2D eigenvalue weighted by atomic mass is 32.2. The molecule has 0 aromatic heterocycles. The van der Waals surface area contributed by atoms with Crippen LogP contribution in [0.3, 0.4) is 0 Å². The first kappa shape index (κ1) is 13.3. The van der Waals surface area contributed by atoms with Crippen LogP contribution in [0, 0.1) is 0 Å². The van der Waals surface area contributed by atoms with Gasteiger partial charge in [0, 0.05) is 17.2 Å². The second-order valence-corrected chi connectivity index (χ2v) is 5.24. The molecule has 0 spiro atoms. The van der Waals surface area contributed by atoms with Gasteiger partial charge < -0.3 is 5.11 Å². The van der Waals surface area contributed by atoms with Crippen LogP contribution in [-0.4, -0.2) is 23.9 Å². The monoisotopic (exact) mass is 278 g/mol. The molecule has 19 heavy (non-hydrogen) atoms. The van der Waals surface area contributed by atoms with Gasteiger partial charge in [0.05, 0.1) is 0 Å². The van der Waals surface area contributed by atoms with Crippen molar-refractivity contribution in [2.75, 3.05) is 0 Å². The number of carbonyl (C=O) groups is 1. The molecule has 0 aliphatic carbocycles. The summed E-state index contributed by atoms with van der Waals surface area (Å²) in [6.07, 6.45) is 0. The first-order valence-corrected chi connectivity index (χ1v) is 6.74. The minimum absolute atomic E-state index is 0.188. The number of carbonyl (C=O) groups excluding carboxylic acids is 1. The lowest BCUT2D eigenvalue weighted by atomic mass is 10.0. The van der Waals surface area contributed by atoms with E-state index in [1.807, 2.05) is 0 Å². The van der Waals surface area contributed by atoms with Crippen LogP contribution in [0.4, 0.5) is 0 Å². The summed E-state index contributed by atoms with van der Waals surface area (Å²) in [7, 11) is -4.59. The molecule has 0 saturated heterocycles. The summed E-state index contributed by atoms with van der Waals surface area (Å²) in [6, 6.07) is 11.2. The molecule has 0 aliphatic heterocycles. The molecule has 0 saturated carbocycles. The lowest BCUT2D eigenvalue weighted by Crippen LogP contribution is -2.09. The Labute approximate surface area is 109 Å². The average Bonchev–Trinajstić information content (AvgIpc) is 2.38. The summed E-state index contributed by atoms with van der Waals surface area (Å²) in [4.78, 5) is 11.6. The molecule has 2 aromatic rings. The molecular formula is C13H10O5S. The van der Waals surface area contributed by atoms with Crippen LogP contribution >= 0.6 is 0 Å². The number of phenols is 1. The fraction of sp³-hybridized carbons (Fsp3) is 0. The van der Waals surface area contributed by atoms with E-state index in [2.05, 4.69) is 0 Å². The summed E-state index contributed by atoms with van der Waals surface area (Å²) in [5.74, 6) is -0.898. The smallest absolute Gasteiger partial charge is 0.295 e. The minimum atomic E-state index is -4.59. The van der Waals surface area contributed by atoms with Crippen molar-refractivity contribution >= 4 is 15.9 Å². The van der Waals surface area contributed by atoms with Gasteiger partial charge in [-0.1, -0.05) is 30.3 Å². The minimum Gasteiger partial charge on any atom is -0.508 e. The zero-order valence-electron chi connectivity index (χ0n) is 9.65. The van der Waals surface area contributed by atoms with E-state index in [1.54, 1.807) is 18.2 Å². The van der Waals surface area contributed by atoms with Crippen LogP contribution < -0.4 is 0 Å². The molecule has 2 N–H and O–H groups in total. The molecule has 0 bridgehead atoms. The van der Waals surface area contributed by atoms with E-state index in [0.717, 1.165) is 12.1 Å². The van der Waals surface area contributed by atoms with Gasteiger partial charge in [0.2, 0.25) is 0 Å². The van der Waals surface area contributed by atoms with E-state index < -0.39 is 20.8 Å². The van der Waals surface area contributed by atoms with Gasteiger partial charge in [0.25, 0.3) is 10.1 Å². The van der Waals surface area contributed by atoms with Crippen LogP contribution in [0.25, 0.3) is 0 Å². The fourth-order valence-electron chi connectivity index (χ4n) is 1.66. The number of hydrogen-bond donors (Lipinski definition) is 2. The SMILES string of the molecule is O=C(c1ccccc1)c1ccc(O)cc1S(=O)(=O)O. The van der Waals surface area contributed by atoms with Gasteiger partial charge in [0.15, 0.2) is 5.78 Å². The van der Waals surface area contributed by atoms with Crippen LogP contribution in [0.15, 0.2) is 53.4 Å². The largest absolute Gasteiger partial charge is 0.508 e. The maximum absolute atomic E-state index is 12.2. The third-order valence-corrected chi connectivity index (χ3v) is 3.42. The number of aromatic hydroxyl groups is 1. The summed E-state index contributed by atoms with van der Waals surface area (Å²) >= 11 is 0. The molecular weight excluding hydrogens is 268 g/mol. The van der Waals surface area contributed by atoms with E-state index in [0.29, 0.717) is 0 Å². The molecule has 2 rings (SSSR count). The van der Waals surface area contributed by atoms with Gasteiger partial charge in [-0.15, -0.1) is 0 Å². The van der Waals surface area contributed by atoms with Crippen molar-refractivity contribution in [2.24, 2.45) is 0 Å². The highest BCUT2D eigenvalue weighted by Crippen LogP contribution is 2.23. The Balaban J connectivity index is 2.61. The maximum Gasteiger partial charge on any atom is 0.295 e. The van der Waals surface area contributed by atoms with Gasteiger partial charge in [0.1, 0.15) is 10.6 Å². The van der Waals surface area contributed by atoms with Gasteiger partial charge in [-0.25, -0.2) is 0 Å². The maximum atomic E-state index is 12.2. The van der Waals surface area contributed by atoms with Crippen molar-refractivity contribution < 1.29 is 22.9 Å². The lowest BCUT2D eigenvalue weighted by molar-refractivity contribution is 0.103. The fourth-order valence-corrected chi connectivity index (χ4v) is 2.37. The van der Waals surface area contributed by atoms with Crippen molar-refractivity contribution in [1.29, 1.82) is 0 Å². The number of rotatable bonds is 3. The van der Waals surface area contributed by atoms with Crippen LogP contribution in [-0.2, 0) is 10.1 Å². The topological polar surface area (TPSA) is 91.7 Å². The van der Waals surface area contributed by atoms with Crippen molar-refractivity contribution in [3.8, 4) is 5.75 Å². The number of hydrogen-bond acceptors (Lipinski definition) is 4. The molecule has 6 heteroatoms. The molecule has 0 heterocycles. The van der Waals surface area contributed by atoms with Gasteiger partial charge in [-0.2, -0.15) is 8.42 Å². The van der Waals surface area contributed by atoms with E-state index >= 15 is 0 Å². The Kier molecular flexibility index (Phi) is 3.37. The Morgan fingerprint density at radius 1 is 1.00 bits per heavy atom. The summed E-state index contributed by atoms with van der Waals surface area (Å²) in [6.45, 7) is 0. The lowest BCUT2D eigenvalue weighted by Gasteiger charge is -2.07. The first-order valence-electron chi connectivity index (χ1n) is 5.30. The van der Waals surface area contributed by atoms with Crippen molar-refractivity contribution in [2.45, 2.75) is 4.90 Å². The van der Waals surface area contributed by atoms with Crippen LogP contribution in [0.1, 0.15) is 15.9 Å². The standard InChI is InChI=1S/C13H10O5S/c14-10-6-7-11(12(8-10)19(16,17)18)13(15)9-4-2-1-3-5-9/h1-8,14H,(H,16,17,18). The molecule has 0 unspecified atom stereocenters. The quantitative estimate of drug-likeness (QED) is 0.660. The highest BCUT2D eigenvalue weighted by Gasteiger charge is 2.21. The second kappa shape index (κ2) is 4.83. The molecule has 0 aliphatic rings.